The lowest BCUT2D eigenvalue weighted by Crippen LogP contribution is -2.52. The maximum Gasteiger partial charge on any atom is 0.326 e. The van der Waals surface area contributed by atoms with Crippen molar-refractivity contribution in [3.63, 3.8) is 0 Å². The fourth-order valence-electron chi connectivity index (χ4n) is 1.65. The summed E-state index contributed by atoms with van der Waals surface area (Å²) in [5.74, 6) is -2.60. The van der Waals surface area contributed by atoms with Gasteiger partial charge in [-0.3, -0.25) is 9.59 Å². The van der Waals surface area contributed by atoms with Crippen molar-refractivity contribution in [2.24, 2.45) is 5.41 Å². The Hall–Kier alpha value is -2.09. The van der Waals surface area contributed by atoms with Crippen LogP contribution in [0.5, 0.6) is 0 Å². The molecule has 0 radical (unpaired) electrons. The number of hydrogen-bond donors (Lipinski definition) is 0. The molecule has 0 aromatic heterocycles. The molecule has 1 aliphatic rings. The highest BCUT2D eigenvalue weighted by atomic mass is 16.7. The van der Waals surface area contributed by atoms with Crippen molar-refractivity contribution in [3.05, 3.63) is 23.8 Å². The lowest BCUT2D eigenvalue weighted by atomic mass is 9.82. The number of cyclic esters (lactones) is 2. The van der Waals surface area contributed by atoms with Gasteiger partial charge in [0.15, 0.2) is 5.41 Å². The highest BCUT2D eigenvalue weighted by Crippen LogP contribution is 2.36. The predicted octanol–water partition coefficient (Wildman–Crippen LogP) is 2.24. The number of carbonyl (C=O) groups is 2. The minimum Gasteiger partial charge on any atom is -0.422 e. The Morgan fingerprint density at radius 3 is 2.21 bits per heavy atom. The largest absolute Gasteiger partial charge is 0.422 e. The van der Waals surface area contributed by atoms with Crippen LogP contribution in [0.1, 0.15) is 34.1 Å². The Balaban J connectivity index is 3.01. The van der Waals surface area contributed by atoms with Gasteiger partial charge >= 0.3 is 11.9 Å². The van der Waals surface area contributed by atoms with E-state index in [0.717, 1.165) is 0 Å². The van der Waals surface area contributed by atoms with Gasteiger partial charge in [0.05, 0.1) is 6.07 Å². The molecule has 0 bridgehead atoms. The quantitative estimate of drug-likeness (QED) is 0.338. The number of nitrogens with zero attached hydrogens (tertiary/aromatic N) is 1. The van der Waals surface area contributed by atoms with E-state index in [1.807, 2.05) is 6.07 Å². The fourth-order valence-corrected chi connectivity index (χ4v) is 1.65. The van der Waals surface area contributed by atoms with Crippen LogP contribution in [0.3, 0.4) is 0 Å². The SMILES string of the molecule is C/C=C/C=C(\C#N)CC1(C)C(=O)OC(C)(C)OC1=O. The predicted molar refractivity (Wildman–Crippen MR) is 67.5 cm³/mol. The van der Waals surface area contributed by atoms with E-state index >= 15 is 0 Å². The summed E-state index contributed by atoms with van der Waals surface area (Å²) in [4.78, 5) is 24.0. The van der Waals surface area contributed by atoms with Crippen LogP contribution in [0.4, 0.5) is 0 Å². The minimum atomic E-state index is -1.47. The van der Waals surface area contributed by atoms with Gasteiger partial charge in [0.1, 0.15) is 0 Å². The van der Waals surface area contributed by atoms with Crippen LogP contribution >= 0.6 is 0 Å². The Morgan fingerprint density at radius 1 is 1.26 bits per heavy atom. The number of nitriles is 1. The smallest absolute Gasteiger partial charge is 0.326 e. The third kappa shape index (κ3) is 3.22. The lowest BCUT2D eigenvalue weighted by molar-refractivity contribution is -0.249. The van der Waals surface area contributed by atoms with E-state index in [1.165, 1.54) is 20.8 Å². The molecule has 0 aromatic rings. The fraction of sp³-hybridized carbons (Fsp3) is 0.500. The topological polar surface area (TPSA) is 76.4 Å². The Morgan fingerprint density at radius 2 is 1.79 bits per heavy atom. The number of hydrogen-bond acceptors (Lipinski definition) is 5. The van der Waals surface area contributed by atoms with E-state index in [2.05, 4.69) is 0 Å². The second kappa shape index (κ2) is 5.27. The number of ether oxygens (including phenoxy) is 2. The number of allylic oxidation sites excluding steroid dienone is 4. The van der Waals surface area contributed by atoms with Crippen molar-refractivity contribution in [1.82, 2.24) is 0 Å². The van der Waals surface area contributed by atoms with E-state index in [-0.39, 0.29) is 6.42 Å². The normalized spacial score (nSPS) is 21.7. The molecular weight excluding hydrogens is 246 g/mol. The molecule has 1 saturated heterocycles. The highest BCUT2D eigenvalue weighted by molar-refractivity contribution is 6.01. The second-order valence-corrected chi connectivity index (χ2v) is 5.02. The van der Waals surface area contributed by atoms with Crippen molar-refractivity contribution in [2.75, 3.05) is 0 Å². The van der Waals surface area contributed by atoms with Crippen LogP contribution in [-0.4, -0.2) is 17.7 Å². The Kier molecular flexibility index (Phi) is 4.15. The molecule has 0 atom stereocenters. The Labute approximate surface area is 112 Å². The summed E-state index contributed by atoms with van der Waals surface area (Å²) in [7, 11) is 0. The zero-order chi connectivity index (χ0) is 14.7. The van der Waals surface area contributed by atoms with Crippen LogP contribution in [0.15, 0.2) is 23.8 Å². The van der Waals surface area contributed by atoms with Crippen LogP contribution in [0, 0.1) is 16.7 Å². The third-order valence-electron chi connectivity index (χ3n) is 2.76. The first kappa shape index (κ1) is 15.0. The lowest BCUT2D eigenvalue weighted by Gasteiger charge is -2.38. The molecule has 1 heterocycles. The molecule has 5 heteroatoms. The van der Waals surface area contributed by atoms with Crippen LogP contribution in [0.2, 0.25) is 0 Å². The second-order valence-electron chi connectivity index (χ2n) is 5.02. The first-order valence-corrected chi connectivity index (χ1v) is 5.94. The van der Waals surface area contributed by atoms with Gasteiger partial charge < -0.3 is 9.47 Å². The van der Waals surface area contributed by atoms with Gasteiger partial charge in [-0.25, -0.2) is 0 Å². The van der Waals surface area contributed by atoms with E-state index in [0.29, 0.717) is 5.57 Å². The molecule has 0 saturated carbocycles. The number of esters is 2. The minimum absolute atomic E-state index is 0.0401. The summed E-state index contributed by atoms with van der Waals surface area (Å²) in [6, 6.07) is 1.97. The molecular formula is C14H17NO4. The Bertz CT molecular complexity index is 474. The summed E-state index contributed by atoms with van der Waals surface area (Å²) in [6.07, 6.45) is 4.94. The van der Waals surface area contributed by atoms with Gasteiger partial charge in [0.25, 0.3) is 5.79 Å². The van der Waals surface area contributed by atoms with Gasteiger partial charge in [0, 0.05) is 25.8 Å². The molecule has 1 rings (SSSR count). The maximum atomic E-state index is 12.0. The van der Waals surface area contributed by atoms with Crippen molar-refractivity contribution in [3.8, 4) is 6.07 Å². The summed E-state index contributed by atoms with van der Waals surface area (Å²) in [5.41, 5.74) is -1.16. The number of rotatable bonds is 3. The first-order valence-electron chi connectivity index (χ1n) is 5.94. The monoisotopic (exact) mass is 263 g/mol. The molecule has 0 aromatic carbocycles. The van der Waals surface area contributed by atoms with Crippen LogP contribution in [0.25, 0.3) is 0 Å². The zero-order valence-electron chi connectivity index (χ0n) is 11.5. The standard InChI is InChI=1S/C14H17NO4/c1-5-6-7-10(9-15)8-14(4)11(16)18-13(2,3)19-12(14)17/h5-7H,8H2,1-4H3/b6-5+,10-7-. The molecule has 0 amide bonds. The summed E-state index contributed by atoms with van der Waals surface area (Å²) in [5, 5.41) is 9.02. The van der Waals surface area contributed by atoms with Crippen LogP contribution < -0.4 is 0 Å². The van der Waals surface area contributed by atoms with Gasteiger partial charge in [-0.05, 0) is 19.9 Å². The zero-order valence-corrected chi connectivity index (χ0v) is 11.5. The highest BCUT2D eigenvalue weighted by Gasteiger charge is 2.53. The van der Waals surface area contributed by atoms with Gasteiger partial charge in [0.2, 0.25) is 0 Å². The average molecular weight is 263 g/mol. The molecule has 0 unspecified atom stereocenters. The van der Waals surface area contributed by atoms with Gasteiger partial charge in [-0.2, -0.15) is 5.26 Å². The molecule has 1 aliphatic heterocycles. The van der Waals surface area contributed by atoms with E-state index in [9.17, 15) is 9.59 Å². The van der Waals surface area contributed by atoms with Crippen LogP contribution in [-0.2, 0) is 19.1 Å². The van der Waals surface area contributed by atoms with E-state index < -0.39 is 23.1 Å². The van der Waals surface area contributed by atoms with Crippen molar-refractivity contribution >= 4 is 11.9 Å². The molecule has 5 nitrogen and oxygen atoms in total. The number of carbonyl (C=O) groups excluding carboxylic acids is 2. The molecule has 19 heavy (non-hydrogen) atoms. The van der Waals surface area contributed by atoms with E-state index in [1.54, 1.807) is 25.2 Å². The first-order chi connectivity index (χ1) is 8.75. The van der Waals surface area contributed by atoms with E-state index in [4.69, 9.17) is 14.7 Å². The summed E-state index contributed by atoms with van der Waals surface area (Å²) >= 11 is 0. The molecule has 102 valence electrons. The molecule has 0 aliphatic carbocycles. The average Bonchev–Trinajstić information content (AvgIpc) is 2.31. The van der Waals surface area contributed by atoms with Gasteiger partial charge in [-0.1, -0.05) is 12.2 Å². The molecule has 0 spiro atoms. The molecule has 0 N–H and O–H groups in total. The maximum absolute atomic E-state index is 12.0. The molecule has 1 fully saturated rings. The van der Waals surface area contributed by atoms with Crippen molar-refractivity contribution < 1.29 is 19.1 Å². The van der Waals surface area contributed by atoms with Crippen molar-refractivity contribution in [2.45, 2.75) is 39.9 Å². The summed E-state index contributed by atoms with van der Waals surface area (Å²) < 4.78 is 10.1. The third-order valence-corrected chi connectivity index (χ3v) is 2.76. The van der Waals surface area contributed by atoms with Crippen molar-refractivity contribution in [1.29, 1.82) is 5.26 Å². The summed E-state index contributed by atoms with van der Waals surface area (Å²) in [6.45, 7) is 6.21. The van der Waals surface area contributed by atoms with Gasteiger partial charge in [-0.15, -0.1) is 0 Å².